The summed E-state index contributed by atoms with van der Waals surface area (Å²) in [6, 6.07) is 8.71. The number of nitrogens with zero attached hydrogens (tertiary/aromatic N) is 2. The minimum Gasteiger partial charge on any atom is -0.282 e. The van der Waals surface area contributed by atoms with Crippen LogP contribution in [-0.2, 0) is 0 Å². The van der Waals surface area contributed by atoms with Crippen molar-refractivity contribution in [3.8, 4) is 0 Å². The number of alkyl halides is 1. The van der Waals surface area contributed by atoms with Gasteiger partial charge in [0.15, 0.2) is 0 Å². The SMILES string of the molecule is Cc1cccc(C2=CC(C3CC3)=NC3C(Br)CNN23)c1. The van der Waals surface area contributed by atoms with E-state index in [1.54, 1.807) is 0 Å². The number of rotatable bonds is 2. The summed E-state index contributed by atoms with van der Waals surface area (Å²) in [7, 11) is 0. The van der Waals surface area contributed by atoms with Crippen molar-refractivity contribution in [1.29, 1.82) is 0 Å². The number of benzene rings is 1. The minimum atomic E-state index is 0.186. The highest BCUT2D eigenvalue weighted by Crippen LogP contribution is 2.38. The van der Waals surface area contributed by atoms with E-state index in [1.165, 1.54) is 35.4 Å². The number of allylic oxidation sites excluding steroid dienone is 1. The standard InChI is InChI=1S/C16H18BrN3/c1-10-3-2-4-12(7-10)15-8-14(11-5-6-11)19-16-13(17)9-18-20(15)16/h2-4,7-8,11,13,16,18H,5-6,9H2,1H3. The van der Waals surface area contributed by atoms with Crippen LogP contribution in [0.5, 0.6) is 0 Å². The van der Waals surface area contributed by atoms with Crippen LogP contribution in [0.15, 0.2) is 35.3 Å². The molecule has 3 nitrogen and oxygen atoms in total. The first-order valence-electron chi connectivity index (χ1n) is 7.25. The normalized spacial score (nSPS) is 29.0. The van der Waals surface area contributed by atoms with Gasteiger partial charge in [-0.3, -0.25) is 10.0 Å². The lowest BCUT2D eigenvalue weighted by Crippen LogP contribution is -2.39. The Bertz CT molecular complexity index is 603. The van der Waals surface area contributed by atoms with Gasteiger partial charge in [0.25, 0.3) is 0 Å². The Labute approximate surface area is 127 Å². The largest absolute Gasteiger partial charge is 0.282 e. The van der Waals surface area contributed by atoms with E-state index in [2.05, 4.69) is 63.6 Å². The highest BCUT2D eigenvalue weighted by Gasteiger charge is 2.39. The smallest absolute Gasteiger partial charge is 0.149 e. The van der Waals surface area contributed by atoms with Gasteiger partial charge in [-0.2, -0.15) is 0 Å². The summed E-state index contributed by atoms with van der Waals surface area (Å²) in [6.45, 7) is 3.07. The average Bonchev–Trinajstić information content (AvgIpc) is 3.23. The Balaban J connectivity index is 1.77. The van der Waals surface area contributed by atoms with Gasteiger partial charge >= 0.3 is 0 Å². The Morgan fingerprint density at radius 3 is 2.95 bits per heavy atom. The van der Waals surface area contributed by atoms with Crippen molar-refractivity contribution in [3.05, 3.63) is 41.5 Å². The number of hydrazine groups is 1. The van der Waals surface area contributed by atoms with Gasteiger partial charge in [0, 0.05) is 18.2 Å². The molecule has 0 spiro atoms. The van der Waals surface area contributed by atoms with Crippen LogP contribution in [0.2, 0.25) is 0 Å². The van der Waals surface area contributed by atoms with Gasteiger partial charge in [0.1, 0.15) is 6.17 Å². The van der Waals surface area contributed by atoms with Gasteiger partial charge < -0.3 is 0 Å². The summed E-state index contributed by atoms with van der Waals surface area (Å²) in [5.41, 5.74) is 8.59. The van der Waals surface area contributed by atoms with Gasteiger partial charge in [-0.15, -0.1) is 0 Å². The number of nitrogens with one attached hydrogen (secondary N) is 1. The lowest BCUT2D eigenvalue weighted by molar-refractivity contribution is 0.300. The molecular formula is C16H18BrN3. The first kappa shape index (κ1) is 12.6. The molecule has 20 heavy (non-hydrogen) atoms. The fraction of sp³-hybridized carbons (Fsp3) is 0.438. The number of halogens is 1. The zero-order valence-electron chi connectivity index (χ0n) is 11.5. The third kappa shape index (κ3) is 2.11. The molecule has 2 fully saturated rings. The number of fused-ring (bicyclic) bond motifs is 1. The summed E-state index contributed by atoms with van der Waals surface area (Å²) in [5.74, 6) is 0.692. The van der Waals surface area contributed by atoms with Crippen LogP contribution in [0.1, 0.15) is 24.0 Å². The topological polar surface area (TPSA) is 27.6 Å². The van der Waals surface area contributed by atoms with E-state index in [4.69, 9.17) is 4.99 Å². The average molecular weight is 332 g/mol. The Morgan fingerprint density at radius 1 is 1.35 bits per heavy atom. The maximum atomic E-state index is 4.94. The molecule has 0 amide bonds. The van der Waals surface area contributed by atoms with Crippen molar-refractivity contribution in [3.63, 3.8) is 0 Å². The Kier molecular flexibility index (Phi) is 2.97. The van der Waals surface area contributed by atoms with Crippen molar-refractivity contribution in [2.24, 2.45) is 10.9 Å². The van der Waals surface area contributed by atoms with E-state index in [9.17, 15) is 0 Å². The zero-order chi connectivity index (χ0) is 13.7. The molecule has 104 valence electrons. The third-order valence-electron chi connectivity index (χ3n) is 4.18. The highest BCUT2D eigenvalue weighted by molar-refractivity contribution is 9.09. The molecule has 2 atom stereocenters. The number of hydrogen-bond donors (Lipinski definition) is 1. The molecule has 4 rings (SSSR count). The monoisotopic (exact) mass is 331 g/mol. The molecule has 1 aliphatic carbocycles. The lowest BCUT2D eigenvalue weighted by atomic mass is 10.0. The summed E-state index contributed by atoms with van der Waals surface area (Å²) in [6.07, 6.45) is 5.06. The second-order valence-corrected chi connectivity index (χ2v) is 7.07. The summed E-state index contributed by atoms with van der Waals surface area (Å²) in [5, 5.41) is 2.22. The number of aryl methyl sites for hydroxylation is 1. The quantitative estimate of drug-likeness (QED) is 0.843. The molecule has 0 aromatic heterocycles. The van der Waals surface area contributed by atoms with Crippen molar-refractivity contribution in [2.45, 2.75) is 30.8 Å². The predicted octanol–water partition coefficient (Wildman–Crippen LogP) is 3.11. The molecule has 4 heteroatoms. The van der Waals surface area contributed by atoms with Crippen LogP contribution in [0, 0.1) is 12.8 Å². The molecule has 2 heterocycles. The Hall–Kier alpha value is -1.13. The molecule has 1 N–H and O–H groups in total. The van der Waals surface area contributed by atoms with Crippen molar-refractivity contribution >= 4 is 27.3 Å². The fourth-order valence-electron chi connectivity index (χ4n) is 2.94. The van der Waals surface area contributed by atoms with Crippen LogP contribution < -0.4 is 5.43 Å². The summed E-state index contributed by atoms with van der Waals surface area (Å²) >= 11 is 3.75. The van der Waals surface area contributed by atoms with Crippen LogP contribution in [0.3, 0.4) is 0 Å². The van der Waals surface area contributed by atoms with Gasteiger partial charge in [-0.1, -0.05) is 39.7 Å². The zero-order valence-corrected chi connectivity index (χ0v) is 13.1. The molecule has 3 aliphatic rings. The van der Waals surface area contributed by atoms with Gasteiger partial charge in [0.2, 0.25) is 0 Å². The first-order valence-corrected chi connectivity index (χ1v) is 8.17. The first-order chi connectivity index (χ1) is 9.72. The molecule has 1 saturated heterocycles. The van der Waals surface area contributed by atoms with E-state index < -0.39 is 0 Å². The number of aliphatic imine (C=N–C) groups is 1. The molecule has 2 unspecified atom stereocenters. The van der Waals surface area contributed by atoms with Crippen LogP contribution in [-0.4, -0.2) is 28.3 Å². The fourth-order valence-corrected chi connectivity index (χ4v) is 3.44. The third-order valence-corrected chi connectivity index (χ3v) is 4.98. The van der Waals surface area contributed by atoms with E-state index in [0.29, 0.717) is 10.7 Å². The van der Waals surface area contributed by atoms with Gasteiger partial charge in [-0.05, 0) is 37.5 Å². The van der Waals surface area contributed by atoms with Crippen LogP contribution in [0.25, 0.3) is 5.70 Å². The summed E-state index contributed by atoms with van der Waals surface area (Å²) < 4.78 is 0. The minimum absolute atomic E-state index is 0.186. The van der Waals surface area contributed by atoms with E-state index >= 15 is 0 Å². The van der Waals surface area contributed by atoms with E-state index in [0.717, 1.165) is 6.54 Å². The van der Waals surface area contributed by atoms with E-state index in [1.807, 2.05) is 0 Å². The second kappa shape index (κ2) is 4.71. The molecule has 0 bridgehead atoms. The maximum absolute atomic E-state index is 4.94. The number of hydrogen-bond acceptors (Lipinski definition) is 3. The van der Waals surface area contributed by atoms with Crippen LogP contribution in [0.4, 0.5) is 0 Å². The van der Waals surface area contributed by atoms with Gasteiger partial charge in [0.05, 0.1) is 10.5 Å². The van der Waals surface area contributed by atoms with E-state index in [-0.39, 0.29) is 6.17 Å². The molecule has 1 saturated carbocycles. The van der Waals surface area contributed by atoms with Crippen LogP contribution >= 0.6 is 15.9 Å². The second-order valence-electron chi connectivity index (χ2n) is 5.89. The van der Waals surface area contributed by atoms with Crippen molar-refractivity contribution in [2.75, 3.05) is 6.54 Å². The molecule has 0 radical (unpaired) electrons. The summed E-state index contributed by atoms with van der Waals surface area (Å²) in [4.78, 5) is 5.32. The lowest BCUT2D eigenvalue weighted by Gasteiger charge is -2.31. The van der Waals surface area contributed by atoms with Gasteiger partial charge in [-0.25, -0.2) is 5.43 Å². The van der Waals surface area contributed by atoms with Crippen molar-refractivity contribution in [1.82, 2.24) is 10.4 Å². The molecular weight excluding hydrogens is 314 g/mol. The molecule has 1 aromatic carbocycles. The molecule has 1 aromatic rings. The Morgan fingerprint density at radius 2 is 2.20 bits per heavy atom. The molecule has 2 aliphatic heterocycles. The highest BCUT2D eigenvalue weighted by atomic mass is 79.9. The van der Waals surface area contributed by atoms with Crippen molar-refractivity contribution < 1.29 is 0 Å². The maximum Gasteiger partial charge on any atom is 0.149 e. The predicted molar refractivity (Wildman–Crippen MR) is 85.7 cm³/mol.